The van der Waals surface area contributed by atoms with Crippen LogP contribution >= 0.6 is 0 Å². The van der Waals surface area contributed by atoms with Crippen LogP contribution in [0.3, 0.4) is 0 Å². The number of aliphatic hydroxyl groups is 2. The van der Waals surface area contributed by atoms with E-state index in [4.69, 9.17) is 0 Å². The molecular formula is C11H12FNO6. The summed E-state index contributed by atoms with van der Waals surface area (Å²) in [6.45, 7) is 0. The summed E-state index contributed by atoms with van der Waals surface area (Å²) >= 11 is 0. The zero-order chi connectivity index (χ0) is 14.6. The molecule has 7 nitrogen and oxygen atoms in total. The third-order valence-electron chi connectivity index (χ3n) is 2.35. The molecule has 0 fully saturated rings. The number of hydrogen-bond donors (Lipinski definition) is 2. The fourth-order valence-electron chi connectivity index (χ4n) is 1.31. The normalized spacial score (nSPS) is 13.5. The zero-order valence-electron chi connectivity index (χ0n) is 10.2. The molecule has 1 rings (SSSR count). The Labute approximate surface area is 107 Å². The molecule has 8 heteroatoms. The fraction of sp³-hybridized carbons (Fsp3) is 0.364. The number of pyridine rings is 1. The summed E-state index contributed by atoms with van der Waals surface area (Å²) in [6.07, 6.45) is -2.69. The standard InChI is InChI=1S/C11H12FNO6/c1-18-10(16)6-3-5(4-13-9(6)12)7(14)8(15)11(17)19-2/h3-4,7-8,14-15H,1-2H3. The van der Waals surface area contributed by atoms with Gasteiger partial charge >= 0.3 is 11.9 Å². The van der Waals surface area contributed by atoms with Crippen molar-refractivity contribution in [2.24, 2.45) is 0 Å². The molecule has 0 radical (unpaired) electrons. The molecule has 0 aliphatic rings. The largest absolute Gasteiger partial charge is 0.467 e. The van der Waals surface area contributed by atoms with Gasteiger partial charge in [-0.15, -0.1) is 0 Å². The Balaban J connectivity index is 3.08. The summed E-state index contributed by atoms with van der Waals surface area (Å²) in [7, 11) is 2.08. The molecule has 19 heavy (non-hydrogen) atoms. The summed E-state index contributed by atoms with van der Waals surface area (Å²) in [5.41, 5.74) is -0.643. The van der Waals surface area contributed by atoms with Gasteiger partial charge in [0, 0.05) is 11.8 Å². The van der Waals surface area contributed by atoms with Gasteiger partial charge in [-0.25, -0.2) is 14.6 Å². The topological polar surface area (TPSA) is 106 Å². The number of carbonyl (C=O) groups is 2. The lowest BCUT2D eigenvalue weighted by atomic mass is 10.0. The number of methoxy groups -OCH3 is 2. The summed E-state index contributed by atoms with van der Waals surface area (Å²) in [4.78, 5) is 25.5. The van der Waals surface area contributed by atoms with Gasteiger partial charge in [-0.1, -0.05) is 0 Å². The predicted molar refractivity (Wildman–Crippen MR) is 58.5 cm³/mol. The molecule has 2 unspecified atom stereocenters. The fourth-order valence-corrected chi connectivity index (χ4v) is 1.31. The van der Waals surface area contributed by atoms with Crippen LogP contribution in [0.1, 0.15) is 22.0 Å². The summed E-state index contributed by atoms with van der Waals surface area (Å²) in [5.74, 6) is -3.15. The number of esters is 2. The quantitative estimate of drug-likeness (QED) is 0.566. The maximum Gasteiger partial charge on any atom is 0.342 e. The molecule has 0 aliphatic carbocycles. The molecule has 0 amide bonds. The Morgan fingerprint density at radius 3 is 2.47 bits per heavy atom. The van der Waals surface area contributed by atoms with Crippen molar-refractivity contribution in [1.82, 2.24) is 4.98 Å². The van der Waals surface area contributed by atoms with Crippen molar-refractivity contribution in [3.05, 3.63) is 29.3 Å². The molecule has 0 aromatic carbocycles. The molecule has 1 heterocycles. The van der Waals surface area contributed by atoms with Gasteiger partial charge in [0.1, 0.15) is 11.7 Å². The van der Waals surface area contributed by atoms with Crippen LogP contribution in [0.5, 0.6) is 0 Å². The van der Waals surface area contributed by atoms with Crippen LogP contribution in [0, 0.1) is 5.95 Å². The molecule has 0 spiro atoms. The van der Waals surface area contributed by atoms with Crippen molar-refractivity contribution in [2.45, 2.75) is 12.2 Å². The number of hydrogen-bond acceptors (Lipinski definition) is 7. The molecular weight excluding hydrogens is 261 g/mol. The second-order valence-corrected chi connectivity index (χ2v) is 3.51. The Morgan fingerprint density at radius 2 is 1.95 bits per heavy atom. The minimum atomic E-state index is -1.87. The Morgan fingerprint density at radius 1 is 1.32 bits per heavy atom. The number of aliphatic hydroxyl groups excluding tert-OH is 2. The van der Waals surface area contributed by atoms with Gasteiger partial charge in [0.15, 0.2) is 6.10 Å². The highest BCUT2D eigenvalue weighted by molar-refractivity contribution is 5.89. The van der Waals surface area contributed by atoms with Crippen LogP contribution in [-0.4, -0.2) is 47.5 Å². The van der Waals surface area contributed by atoms with E-state index in [1.165, 1.54) is 0 Å². The third-order valence-corrected chi connectivity index (χ3v) is 2.35. The molecule has 1 aromatic heterocycles. The van der Waals surface area contributed by atoms with Crippen molar-refractivity contribution < 1.29 is 33.7 Å². The molecule has 0 bridgehead atoms. The van der Waals surface area contributed by atoms with E-state index in [1.807, 2.05) is 0 Å². The van der Waals surface area contributed by atoms with Gasteiger partial charge in [0.2, 0.25) is 5.95 Å². The van der Waals surface area contributed by atoms with Crippen LogP contribution in [0.2, 0.25) is 0 Å². The van der Waals surface area contributed by atoms with Crippen molar-refractivity contribution in [3.63, 3.8) is 0 Å². The van der Waals surface area contributed by atoms with Crippen molar-refractivity contribution in [3.8, 4) is 0 Å². The average molecular weight is 273 g/mol. The summed E-state index contributed by atoms with van der Waals surface area (Å²) in [5, 5.41) is 19.1. The third kappa shape index (κ3) is 3.24. The Hall–Kier alpha value is -2.06. The minimum Gasteiger partial charge on any atom is -0.467 e. The van der Waals surface area contributed by atoms with Gasteiger partial charge in [-0.05, 0) is 6.07 Å². The van der Waals surface area contributed by atoms with Crippen LogP contribution in [0.25, 0.3) is 0 Å². The Bertz CT molecular complexity index is 492. The van der Waals surface area contributed by atoms with Gasteiger partial charge in [0.05, 0.1) is 14.2 Å². The van der Waals surface area contributed by atoms with E-state index in [-0.39, 0.29) is 5.56 Å². The van der Waals surface area contributed by atoms with Crippen molar-refractivity contribution in [1.29, 1.82) is 0 Å². The number of rotatable bonds is 4. The second kappa shape index (κ2) is 6.21. The molecule has 2 atom stereocenters. The van der Waals surface area contributed by atoms with E-state index in [2.05, 4.69) is 14.5 Å². The predicted octanol–water partition coefficient (Wildman–Crippen LogP) is -0.425. The minimum absolute atomic E-state index is 0.125. The number of nitrogens with zero attached hydrogens (tertiary/aromatic N) is 1. The first kappa shape index (κ1) is 15.0. The first-order valence-electron chi connectivity index (χ1n) is 5.10. The average Bonchev–Trinajstić information content (AvgIpc) is 2.44. The van der Waals surface area contributed by atoms with Crippen LogP contribution in [-0.2, 0) is 14.3 Å². The van der Waals surface area contributed by atoms with Crippen LogP contribution < -0.4 is 0 Å². The van der Waals surface area contributed by atoms with Crippen LogP contribution in [0.4, 0.5) is 4.39 Å². The van der Waals surface area contributed by atoms with Gasteiger partial charge in [-0.2, -0.15) is 4.39 Å². The molecule has 2 N–H and O–H groups in total. The van der Waals surface area contributed by atoms with Crippen LogP contribution in [0.15, 0.2) is 12.3 Å². The van der Waals surface area contributed by atoms with E-state index < -0.39 is 35.7 Å². The molecule has 0 saturated carbocycles. The van der Waals surface area contributed by atoms with Gasteiger partial charge in [0.25, 0.3) is 0 Å². The SMILES string of the molecule is COC(=O)c1cc(C(O)C(O)C(=O)OC)cnc1F. The number of carbonyl (C=O) groups excluding carboxylic acids is 2. The van der Waals surface area contributed by atoms with E-state index in [9.17, 15) is 24.2 Å². The van der Waals surface area contributed by atoms with E-state index in [0.29, 0.717) is 0 Å². The Kier molecular flexibility index (Phi) is 4.90. The maximum absolute atomic E-state index is 13.2. The second-order valence-electron chi connectivity index (χ2n) is 3.51. The number of ether oxygens (including phenoxy) is 2. The highest BCUT2D eigenvalue weighted by atomic mass is 19.1. The zero-order valence-corrected chi connectivity index (χ0v) is 10.2. The monoisotopic (exact) mass is 273 g/mol. The molecule has 0 saturated heterocycles. The van der Waals surface area contributed by atoms with E-state index >= 15 is 0 Å². The first-order chi connectivity index (χ1) is 8.92. The summed E-state index contributed by atoms with van der Waals surface area (Å²) in [6, 6.07) is 0.936. The van der Waals surface area contributed by atoms with Gasteiger partial charge < -0.3 is 19.7 Å². The highest BCUT2D eigenvalue weighted by Gasteiger charge is 2.28. The van der Waals surface area contributed by atoms with E-state index in [0.717, 1.165) is 26.5 Å². The highest BCUT2D eigenvalue weighted by Crippen LogP contribution is 2.19. The maximum atomic E-state index is 13.2. The molecule has 0 aliphatic heterocycles. The van der Waals surface area contributed by atoms with Gasteiger partial charge in [-0.3, -0.25) is 0 Å². The lowest BCUT2D eigenvalue weighted by molar-refractivity contribution is -0.156. The lowest BCUT2D eigenvalue weighted by Gasteiger charge is -2.16. The van der Waals surface area contributed by atoms with Crippen molar-refractivity contribution in [2.75, 3.05) is 14.2 Å². The first-order valence-corrected chi connectivity index (χ1v) is 5.10. The van der Waals surface area contributed by atoms with E-state index in [1.54, 1.807) is 0 Å². The smallest absolute Gasteiger partial charge is 0.342 e. The molecule has 104 valence electrons. The van der Waals surface area contributed by atoms with Crippen molar-refractivity contribution >= 4 is 11.9 Å². The summed E-state index contributed by atoms with van der Waals surface area (Å²) < 4.78 is 21.8. The lowest BCUT2D eigenvalue weighted by Crippen LogP contribution is -2.29. The molecule has 1 aromatic rings. The number of halogens is 1. The number of aromatic nitrogens is 1.